The Hall–Kier alpha value is -0.750. The third kappa shape index (κ3) is 3.67. The Morgan fingerprint density at radius 3 is 2.70 bits per heavy atom. The zero-order chi connectivity index (χ0) is 14.7. The van der Waals surface area contributed by atoms with Crippen molar-refractivity contribution in [3.05, 3.63) is 49.9 Å². The molecular weight excluding hydrogens is 334 g/mol. The summed E-state index contributed by atoms with van der Waals surface area (Å²) in [6, 6.07) is 6.64. The number of aryl methyl sites for hydroxylation is 2. The van der Waals surface area contributed by atoms with E-state index in [0.29, 0.717) is 6.54 Å². The van der Waals surface area contributed by atoms with Crippen molar-refractivity contribution in [2.75, 3.05) is 13.6 Å². The van der Waals surface area contributed by atoms with E-state index in [-0.39, 0.29) is 6.04 Å². The molecule has 0 saturated heterocycles. The minimum absolute atomic E-state index is 0.212. The Morgan fingerprint density at radius 1 is 1.40 bits per heavy atom. The molecule has 1 atom stereocenters. The highest BCUT2D eigenvalue weighted by atomic mass is 79.9. The molecule has 1 aromatic carbocycles. The van der Waals surface area contributed by atoms with E-state index in [2.05, 4.69) is 63.4 Å². The minimum Gasteiger partial charge on any atom is -0.329 e. The molecule has 1 unspecified atom stereocenters. The van der Waals surface area contributed by atoms with Crippen LogP contribution in [0.3, 0.4) is 0 Å². The summed E-state index contributed by atoms with van der Waals surface area (Å²) < 4.78 is 1.13. The first-order valence-corrected chi connectivity index (χ1v) is 8.26. The fourth-order valence-electron chi connectivity index (χ4n) is 2.29. The van der Waals surface area contributed by atoms with Gasteiger partial charge in [0, 0.05) is 29.0 Å². The molecule has 0 radical (unpaired) electrons. The second-order valence-electron chi connectivity index (χ2n) is 5.03. The van der Waals surface area contributed by atoms with Gasteiger partial charge in [-0.25, -0.2) is 4.98 Å². The average Bonchev–Trinajstić information content (AvgIpc) is 2.80. The largest absolute Gasteiger partial charge is 0.329 e. The molecular formula is C15H20BrN3S. The lowest BCUT2D eigenvalue weighted by atomic mass is 10.0. The SMILES string of the molecule is Cc1nc(CN(C)C(CN)c2ccc(Br)c(C)c2)cs1. The third-order valence-electron chi connectivity index (χ3n) is 3.40. The van der Waals surface area contributed by atoms with E-state index in [9.17, 15) is 0 Å². The fourth-order valence-corrected chi connectivity index (χ4v) is 3.14. The van der Waals surface area contributed by atoms with Crippen LogP contribution >= 0.6 is 27.3 Å². The van der Waals surface area contributed by atoms with E-state index in [1.807, 2.05) is 6.92 Å². The van der Waals surface area contributed by atoms with Gasteiger partial charge in [-0.15, -0.1) is 11.3 Å². The van der Waals surface area contributed by atoms with Crippen molar-refractivity contribution >= 4 is 27.3 Å². The number of nitrogens with zero attached hydrogens (tertiary/aromatic N) is 2. The summed E-state index contributed by atoms with van der Waals surface area (Å²) in [5.74, 6) is 0. The molecule has 2 aromatic rings. The van der Waals surface area contributed by atoms with Gasteiger partial charge < -0.3 is 5.73 Å². The Bertz CT molecular complexity index is 582. The molecule has 1 heterocycles. The lowest BCUT2D eigenvalue weighted by molar-refractivity contribution is 0.239. The fraction of sp³-hybridized carbons (Fsp3) is 0.400. The van der Waals surface area contributed by atoms with Crippen LogP contribution in [-0.4, -0.2) is 23.5 Å². The summed E-state index contributed by atoms with van der Waals surface area (Å²) in [7, 11) is 2.10. The van der Waals surface area contributed by atoms with Crippen molar-refractivity contribution in [2.24, 2.45) is 5.73 Å². The maximum Gasteiger partial charge on any atom is 0.0897 e. The zero-order valence-electron chi connectivity index (χ0n) is 12.1. The standard InChI is InChI=1S/C15H20BrN3S/c1-10-6-12(4-5-14(10)16)15(7-17)19(3)8-13-9-20-11(2)18-13/h4-6,9,15H,7-8,17H2,1-3H3. The van der Waals surface area contributed by atoms with E-state index in [1.165, 1.54) is 11.1 Å². The smallest absolute Gasteiger partial charge is 0.0897 e. The molecule has 0 amide bonds. The number of nitrogens with two attached hydrogens (primary N) is 1. The molecule has 0 bridgehead atoms. The molecule has 3 nitrogen and oxygen atoms in total. The van der Waals surface area contributed by atoms with Gasteiger partial charge in [0.05, 0.1) is 10.7 Å². The summed E-state index contributed by atoms with van der Waals surface area (Å²) in [5, 5.41) is 3.23. The van der Waals surface area contributed by atoms with Crippen LogP contribution in [0.2, 0.25) is 0 Å². The number of thiazole rings is 1. The monoisotopic (exact) mass is 353 g/mol. The predicted octanol–water partition coefficient (Wildman–Crippen LogP) is 3.65. The summed E-state index contributed by atoms with van der Waals surface area (Å²) in [6.07, 6.45) is 0. The number of hydrogen-bond acceptors (Lipinski definition) is 4. The molecule has 1 aromatic heterocycles. The predicted molar refractivity (Wildman–Crippen MR) is 89.0 cm³/mol. The number of benzene rings is 1. The van der Waals surface area contributed by atoms with E-state index >= 15 is 0 Å². The second-order valence-corrected chi connectivity index (χ2v) is 6.95. The van der Waals surface area contributed by atoms with Gasteiger partial charge in [0.15, 0.2) is 0 Å². The highest BCUT2D eigenvalue weighted by Crippen LogP contribution is 2.25. The van der Waals surface area contributed by atoms with E-state index in [0.717, 1.165) is 21.7 Å². The molecule has 0 aliphatic rings. The summed E-state index contributed by atoms with van der Waals surface area (Å²) in [4.78, 5) is 6.78. The molecule has 20 heavy (non-hydrogen) atoms. The Labute approximate surface area is 133 Å². The molecule has 108 valence electrons. The number of halogens is 1. The summed E-state index contributed by atoms with van der Waals surface area (Å²) >= 11 is 5.23. The topological polar surface area (TPSA) is 42.2 Å². The minimum atomic E-state index is 0.212. The maximum atomic E-state index is 5.98. The first-order chi connectivity index (χ1) is 9.51. The zero-order valence-corrected chi connectivity index (χ0v) is 14.5. The molecule has 5 heteroatoms. The first-order valence-electron chi connectivity index (χ1n) is 6.58. The maximum absolute atomic E-state index is 5.98. The molecule has 0 aliphatic carbocycles. The average molecular weight is 354 g/mol. The second kappa shape index (κ2) is 6.80. The molecule has 0 aliphatic heterocycles. The van der Waals surface area contributed by atoms with Crippen LogP contribution in [0.25, 0.3) is 0 Å². The molecule has 0 saturated carbocycles. The number of aromatic nitrogens is 1. The van der Waals surface area contributed by atoms with Crippen LogP contribution in [0.1, 0.15) is 27.9 Å². The van der Waals surface area contributed by atoms with Crippen molar-refractivity contribution in [1.29, 1.82) is 0 Å². The Balaban J connectivity index is 2.16. The summed E-state index contributed by atoms with van der Waals surface area (Å²) in [5.41, 5.74) is 9.58. The van der Waals surface area contributed by atoms with Crippen LogP contribution in [-0.2, 0) is 6.54 Å². The van der Waals surface area contributed by atoms with Crippen LogP contribution in [0, 0.1) is 13.8 Å². The lowest BCUT2D eigenvalue weighted by Crippen LogP contribution is -2.30. The van der Waals surface area contributed by atoms with Crippen molar-refractivity contribution < 1.29 is 0 Å². The number of likely N-dealkylation sites (N-methyl/N-ethyl adjacent to an activating group) is 1. The van der Waals surface area contributed by atoms with Gasteiger partial charge in [0.2, 0.25) is 0 Å². The normalized spacial score (nSPS) is 12.9. The third-order valence-corrected chi connectivity index (χ3v) is 5.11. The van der Waals surface area contributed by atoms with Crippen LogP contribution in [0.5, 0.6) is 0 Å². The first kappa shape index (κ1) is 15.6. The van der Waals surface area contributed by atoms with E-state index < -0.39 is 0 Å². The van der Waals surface area contributed by atoms with Crippen molar-refractivity contribution in [2.45, 2.75) is 26.4 Å². The van der Waals surface area contributed by atoms with Crippen LogP contribution < -0.4 is 5.73 Å². The number of hydrogen-bond donors (Lipinski definition) is 1. The van der Waals surface area contributed by atoms with E-state index in [1.54, 1.807) is 11.3 Å². The van der Waals surface area contributed by atoms with Gasteiger partial charge in [-0.3, -0.25) is 4.90 Å². The van der Waals surface area contributed by atoms with Gasteiger partial charge in [0.1, 0.15) is 0 Å². The molecule has 2 N–H and O–H groups in total. The Kier molecular flexibility index (Phi) is 5.32. The molecule has 2 rings (SSSR count). The highest BCUT2D eigenvalue weighted by Gasteiger charge is 2.17. The van der Waals surface area contributed by atoms with Gasteiger partial charge >= 0.3 is 0 Å². The van der Waals surface area contributed by atoms with Crippen LogP contribution in [0.4, 0.5) is 0 Å². The molecule has 0 fully saturated rings. The van der Waals surface area contributed by atoms with Crippen molar-refractivity contribution in [3.63, 3.8) is 0 Å². The molecule has 0 spiro atoms. The Morgan fingerprint density at radius 2 is 2.15 bits per heavy atom. The van der Waals surface area contributed by atoms with Crippen molar-refractivity contribution in [3.8, 4) is 0 Å². The van der Waals surface area contributed by atoms with Gasteiger partial charge in [-0.05, 0) is 38.1 Å². The van der Waals surface area contributed by atoms with Gasteiger partial charge in [-0.2, -0.15) is 0 Å². The van der Waals surface area contributed by atoms with Gasteiger partial charge in [-0.1, -0.05) is 28.1 Å². The highest BCUT2D eigenvalue weighted by molar-refractivity contribution is 9.10. The summed E-state index contributed by atoms with van der Waals surface area (Å²) in [6.45, 7) is 5.56. The number of rotatable bonds is 5. The quantitative estimate of drug-likeness (QED) is 0.891. The lowest BCUT2D eigenvalue weighted by Gasteiger charge is -2.27. The van der Waals surface area contributed by atoms with Gasteiger partial charge in [0.25, 0.3) is 0 Å². The van der Waals surface area contributed by atoms with E-state index in [4.69, 9.17) is 5.73 Å². The van der Waals surface area contributed by atoms with Crippen LogP contribution in [0.15, 0.2) is 28.1 Å². The van der Waals surface area contributed by atoms with Crippen molar-refractivity contribution in [1.82, 2.24) is 9.88 Å².